The van der Waals surface area contributed by atoms with Gasteiger partial charge in [-0.05, 0) is 6.42 Å². The predicted molar refractivity (Wildman–Crippen MR) is 56.1 cm³/mol. The van der Waals surface area contributed by atoms with Gasteiger partial charge >= 0.3 is 5.97 Å². The molecule has 0 amide bonds. The lowest BCUT2D eigenvalue weighted by atomic mass is 10.1. The van der Waals surface area contributed by atoms with Gasteiger partial charge in [-0.3, -0.25) is 10.1 Å². The van der Waals surface area contributed by atoms with Crippen molar-refractivity contribution in [2.45, 2.75) is 57.5 Å². The molecule has 14 heavy (non-hydrogen) atoms. The van der Waals surface area contributed by atoms with Crippen LogP contribution >= 0.6 is 0 Å². The number of hydrogen-bond acceptors (Lipinski definition) is 3. The van der Waals surface area contributed by atoms with E-state index in [0.29, 0.717) is 6.04 Å². The number of unbranched alkanes of at least 4 members (excludes halogenated alkanes) is 4. The molecule has 0 saturated carbocycles. The molecule has 82 valence electrons. The molecule has 1 fully saturated rings. The molecule has 1 rings (SSSR count). The Morgan fingerprint density at radius 2 is 2.00 bits per heavy atom. The number of ether oxygens (including phenoxy) is 1. The van der Waals surface area contributed by atoms with Gasteiger partial charge in [-0.1, -0.05) is 39.0 Å². The van der Waals surface area contributed by atoms with E-state index >= 15 is 0 Å². The summed E-state index contributed by atoms with van der Waals surface area (Å²) in [6.45, 7) is 2.22. The number of hydrogen-bond donors (Lipinski definition) is 1. The molecular formula is C11H21NO2. The molecule has 0 aliphatic carbocycles. The van der Waals surface area contributed by atoms with Gasteiger partial charge in [0.05, 0.1) is 7.11 Å². The number of rotatable bonds is 7. The van der Waals surface area contributed by atoms with E-state index in [1.54, 1.807) is 0 Å². The molecule has 0 radical (unpaired) electrons. The summed E-state index contributed by atoms with van der Waals surface area (Å²) in [5.74, 6) is -0.108. The van der Waals surface area contributed by atoms with Crippen molar-refractivity contribution in [1.29, 1.82) is 0 Å². The molecule has 1 aliphatic rings. The number of methoxy groups -OCH3 is 1. The molecule has 1 aliphatic heterocycles. The van der Waals surface area contributed by atoms with Crippen molar-refractivity contribution >= 4 is 5.97 Å². The molecule has 2 atom stereocenters. The van der Waals surface area contributed by atoms with Crippen LogP contribution < -0.4 is 5.32 Å². The Morgan fingerprint density at radius 1 is 1.29 bits per heavy atom. The van der Waals surface area contributed by atoms with Crippen molar-refractivity contribution in [1.82, 2.24) is 5.32 Å². The van der Waals surface area contributed by atoms with Crippen LogP contribution in [0.15, 0.2) is 0 Å². The summed E-state index contributed by atoms with van der Waals surface area (Å²) in [6, 6.07) is 0.384. The number of carbonyl (C=O) groups is 1. The zero-order valence-electron chi connectivity index (χ0n) is 9.21. The molecule has 0 bridgehead atoms. The SMILES string of the molecule is CCCCCCC[C@H]1N[C@@H]1C(=O)OC. The molecule has 0 aromatic heterocycles. The van der Waals surface area contributed by atoms with E-state index in [2.05, 4.69) is 17.0 Å². The summed E-state index contributed by atoms with van der Waals surface area (Å²) < 4.78 is 4.65. The van der Waals surface area contributed by atoms with Crippen LogP contribution in [0.1, 0.15) is 45.4 Å². The Labute approximate surface area is 86.2 Å². The highest BCUT2D eigenvalue weighted by Crippen LogP contribution is 2.19. The van der Waals surface area contributed by atoms with Crippen molar-refractivity contribution in [3.63, 3.8) is 0 Å². The maximum absolute atomic E-state index is 11.0. The summed E-state index contributed by atoms with van der Waals surface area (Å²) >= 11 is 0. The third kappa shape index (κ3) is 3.66. The third-order valence-electron chi connectivity index (χ3n) is 2.76. The van der Waals surface area contributed by atoms with Crippen LogP contribution in [0.5, 0.6) is 0 Å². The van der Waals surface area contributed by atoms with Crippen LogP contribution in [0.3, 0.4) is 0 Å². The Bertz CT molecular complexity index is 182. The van der Waals surface area contributed by atoms with Gasteiger partial charge in [0.15, 0.2) is 0 Å². The quantitative estimate of drug-likeness (QED) is 0.387. The molecule has 1 N–H and O–H groups in total. The highest BCUT2D eigenvalue weighted by atomic mass is 16.5. The first-order chi connectivity index (χ1) is 6.79. The summed E-state index contributed by atoms with van der Waals surface area (Å²) in [4.78, 5) is 11.0. The standard InChI is InChI=1S/C11H21NO2/c1-3-4-5-6-7-8-9-10(12-9)11(13)14-2/h9-10,12H,3-8H2,1-2H3/t9-,10+/m1/s1. The minimum atomic E-state index is -0.108. The van der Waals surface area contributed by atoms with Gasteiger partial charge in [0, 0.05) is 6.04 Å². The van der Waals surface area contributed by atoms with Gasteiger partial charge in [0.2, 0.25) is 0 Å². The van der Waals surface area contributed by atoms with Gasteiger partial charge < -0.3 is 4.74 Å². The molecule has 0 aromatic rings. The molecule has 0 spiro atoms. The normalized spacial score (nSPS) is 24.7. The van der Waals surface area contributed by atoms with Gasteiger partial charge in [-0.15, -0.1) is 0 Å². The molecular weight excluding hydrogens is 178 g/mol. The number of nitrogens with one attached hydrogen (secondary N) is 1. The van der Waals surface area contributed by atoms with E-state index < -0.39 is 0 Å². The van der Waals surface area contributed by atoms with E-state index in [1.165, 1.54) is 39.2 Å². The van der Waals surface area contributed by atoms with Crippen LogP contribution in [0.2, 0.25) is 0 Å². The van der Waals surface area contributed by atoms with Crippen molar-refractivity contribution in [2.75, 3.05) is 7.11 Å². The van der Waals surface area contributed by atoms with E-state index in [-0.39, 0.29) is 12.0 Å². The van der Waals surface area contributed by atoms with Gasteiger partial charge in [-0.25, -0.2) is 0 Å². The van der Waals surface area contributed by atoms with Crippen molar-refractivity contribution in [3.05, 3.63) is 0 Å². The summed E-state index contributed by atoms with van der Waals surface area (Å²) in [5.41, 5.74) is 0. The minimum Gasteiger partial charge on any atom is -0.468 e. The van der Waals surface area contributed by atoms with Gasteiger partial charge in [0.1, 0.15) is 6.04 Å². The lowest BCUT2D eigenvalue weighted by Gasteiger charge is -1.98. The fourth-order valence-electron chi connectivity index (χ4n) is 1.75. The van der Waals surface area contributed by atoms with Crippen LogP contribution in [-0.4, -0.2) is 25.2 Å². The van der Waals surface area contributed by atoms with Crippen LogP contribution in [0.25, 0.3) is 0 Å². The van der Waals surface area contributed by atoms with Crippen LogP contribution in [0, 0.1) is 0 Å². The lowest BCUT2D eigenvalue weighted by molar-refractivity contribution is -0.140. The number of esters is 1. The smallest absolute Gasteiger partial charge is 0.324 e. The Kier molecular flexibility index (Phi) is 4.94. The Hall–Kier alpha value is -0.570. The van der Waals surface area contributed by atoms with Crippen LogP contribution in [0.4, 0.5) is 0 Å². The molecule has 0 unspecified atom stereocenters. The van der Waals surface area contributed by atoms with Crippen molar-refractivity contribution in [2.24, 2.45) is 0 Å². The fourth-order valence-corrected chi connectivity index (χ4v) is 1.75. The first-order valence-corrected chi connectivity index (χ1v) is 5.63. The van der Waals surface area contributed by atoms with Gasteiger partial charge in [-0.2, -0.15) is 0 Å². The van der Waals surface area contributed by atoms with E-state index in [4.69, 9.17) is 0 Å². The average Bonchev–Trinajstić information content (AvgIpc) is 2.96. The van der Waals surface area contributed by atoms with Crippen LogP contribution in [-0.2, 0) is 9.53 Å². The largest absolute Gasteiger partial charge is 0.468 e. The average molecular weight is 199 g/mol. The third-order valence-corrected chi connectivity index (χ3v) is 2.76. The van der Waals surface area contributed by atoms with Crippen molar-refractivity contribution in [3.8, 4) is 0 Å². The Balaban J connectivity index is 1.93. The number of carbonyl (C=O) groups excluding carboxylic acids is 1. The molecule has 3 nitrogen and oxygen atoms in total. The Morgan fingerprint density at radius 3 is 2.64 bits per heavy atom. The summed E-state index contributed by atoms with van der Waals surface area (Å²) in [6.07, 6.45) is 7.58. The summed E-state index contributed by atoms with van der Waals surface area (Å²) in [5, 5.41) is 3.14. The highest BCUT2D eigenvalue weighted by Gasteiger charge is 2.42. The van der Waals surface area contributed by atoms with Crippen molar-refractivity contribution < 1.29 is 9.53 Å². The highest BCUT2D eigenvalue weighted by molar-refractivity contribution is 5.80. The topological polar surface area (TPSA) is 48.2 Å². The molecule has 1 heterocycles. The maximum Gasteiger partial charge on any atom is 0.324 e. The van der Waals surface area contributed by atoms with E-state index in [1.807, 2.05) is 0 Å². The molecule has 1 saturated heterocycles. The monoisotopic (exact) mass is 199 g/mol. The maximum atomic E-state index is 11.0. The first-order valence-electron chi connectivity index (χ1n) is 5.63. The van der Waals surface area contributed by atoms with E-state index in [0.717, 1.165) is 6.42 Å². The first kappa shape index (κ1) is 11.5. The predicted octanol–water partition coefficient (Wildman–Crippen LogP) is 1.86. The molecule has 0 aromatic carbocycles. The second kappa shape index (κ2) is 6.02. The second-order valence-electron chi connectivity index (χ2n) is 3.98. The molecule has 3 heteroatoms. The van der Waals surface area contributed by atoms with Gasteiger partial charge in [0.25, 0.3) is 0 Å². The zero-order chi connectivity index (χ0) is 10.4. The second-order valence-corrected chi connectivity index (χ2v) is 3.98. The minimum absolute atomic E-state index is 0.00817. The fraction of sp³-hybridized carbons (Fsp3) is 0.909. The zero-order valence-corrected chi connectivity index (χ0v) is 9.21. The van der Waals surface area contributed by atoms with E-state index in [9.17, 15) is 4.79 Å². The summed E-state index contributed by atoms with van der Waals surface area (Å²) in [7, 11) is 1.45. The lowest BCUT2D eigenvalue weighted by Crippen LogP contribution is -2.12.